The topological polar surface area (TPSA) is 47.3 Å². The number of hydrogen-bond acceptors (Lipinski definition) is 3. The standard InChI is InChI=1S/C16H12F2N2O2/c1-22-10-5-6-11(15(21)9-10)14-7-8-19-20(14)16-12(17)3-2-4-13(16)18/h2-9,21H,1H3. The molecule has 0 fully saturated rings. The van der Waals surface area contributed by atoms with Crippen LogP contribution in [0.5, 0.6) is 11.5 Å². The SMILES string of the molecule is COc1ccc(-c2ccnn2-c2c(F)cccc2F)c(O)c1. The zero-order valence-electron chi connectivity index (χ0n) is 11.6. The van der Waals surface area contributed by atoms with Crippen LogP contribution >= 0.6 is 0 Å². The van der Waals surface area contributed by atoms with E-state index in [1.807, 2.05) is 0 Å². The fourth-order valence-electron chi connectivity index (χ4n) is 2.23. The lowest BCUT2D eigenvalue weighted by Crippen LogP contribution is -2.05. The van der Waals surface area contributed by atoms with Crippen molar-refractivity contribution in [3.8, 4) is 28.4 Å². The summed E-state index contributed by atoms with van der Waals surface area (Å²) in [5, 5.41) is 14.1. The number of hydrogen-bond donors (Lipinski definition) is 1. The molecule has 0 spiro atoms. The second kappa shape index (κ2) is 5.48. The summed E-state index contributed by atoms with van der Waals surface area (Å²) in [6.07, 6.45) is 1.41. The molecule has 1 heterocycles. The molecule has 0 amide bonds. The number of rotatable bonds is 3. The van der Waals surface area contributed by atoms with E-state index in [1.165, 1.54) is 25.4 Å². The lowest BCUT2D eigenvalue weighted by Gasteiger charge is -2.11. The number of nitrogens with zero attached hydrogens (tertiary/aromatic N) is 2. The lowest BCUT2D eigenvalue weighted by molar-refractivity contribution is 0.408. The summed E-state index contributed by atoms with van der Waals surface area (Å²) in [7, 11) is 1.48. The van der Waals surface area contributed by atoms with Gasteiger partial charge in [0.25, 0.3) is 0 Å². The van der Waals surface area contributed by atoms with Crippen molar-refractivity contribution in [2.45, 2.75) is 0 Å². The molecule has 6 heteroatoms. The van der Waals surface area contributed by atoms with Crippen molar-refractivity contribution in [1.82, 2.24) is 9.78 Å². The zero-order chi connectivity index (χ0) is 15.7. The Hall–Kier alpha value is -2.89. The van der Waals surface area contributed by atoms with Gasteiger partial charge in [0.05, 0.1) is 19.0 Å². The van der Waals surface area contributed by atoms with E-state index in [4.69, 9.17) is 4.74 Å². The van der Waals surface area contributed by atoms with Crippen molar-refractivity contribution in [1.29, 1.82) is 0 Å². The molecule has 0 saturated heterocycles. The molecular weight excluding hydrogens is 290 g/mol. The van der Waals surface area contributed by atoms with Gasteiger partial charge in [0.1, 0.15) is 17.2 Å². The first-order valence-corrected chi connectivity index (χ1v) is 6.47. The molecule has 1 aromatic heterocycles. The number of halogens is 2. The van der Waals surface area contributed by atoms with Gasteiger partial charge in [-0.25, -0.2) is 13.5 Å². The number of phenols is 1. The van der Waals surface area contributed by atoms with Gasteiger partial charge in [0, 0.05) is 11.6 Å². The fourth-order valence-corrected chi connectivity index (χ4v) is 2.23. The third-order valence-electron chi connectivity index (χ3n) is 3.27. The molecule has 0 bridgehead atoms. The van der Waals surface area contributed by atoms with Crippen LogP contribution in [0.2, 0.25) is 0 Å². The molecule has 4 nitrogen and oxygen atoms in total. The van der Waals surface area contributed by atoms with Gasteiger partial charge in [-0.3, -0.25) is 0 Å². The Bertz CT molecular complexity index is 811. The monoisotopic (exact) mass is 302 g/mol. The predicted octanol–water partition coefficient (Wildman–Crippen LogP) is 3.53. The number of phenolic OH excluding ortho intramolecular Hbond substituents is 1. The minimum Gasteiger partial charge on any atom is -0.507 e. The largest absolute Gasteiger partial charge is 0.507 e. The summed E-state index contributed by atoms with van der Waals surface area (Å²) in [4.78, 5) is 0. The molecule has 22 heavy (non-hydrogen) atoms. The van der Waals surface area contributed by atoms with Crippen LogP contribution in [0.15, 0.2) is 48.7 Å². The first-order chi connectivity index (χ1) is 10.6. The van der Waals surface area contributed by atoms with Gasteiger partial charge >= 0.3 is 0 Å². The molecule has 3 aromatic rings. The van der Waals surface area contributed by atoms with Crippen molar-refractivity contribution < 1.29 is 18.6 Å². The highest BCUT2D eigenvalue weighted by Gasteiger charge is 2.17. The molecule has 0 aliphatic rings. The normalized spacial score (nSPS) is 10.7. The van der Waals surface area contributed by atoms with Gasteiger partial charge in [0.15, 0.2) is 11.6 Å². The van der Waals surface area contributed by atoms with Crippen molar-refractivity contribution in [2.24, 2.45) is 0 Å². The van der Waals surface area contributed by atoms with Gasteiger partial charge < -0.3 is 9.84 Å². The summed E-state index contributed by atoms with van der Waals surface area (Å²) >= 11 is 0. The summed E-state index contributed by atoms with van der Waals surface area (Å²) in [6, 6.07) is 9.81. The summed E-state index contributed by atoms with van der Waals surface area (Å²) in [5.74, 6) is -1.07. The van der Waals surface area contributed by atoms with Crippen molar-refractivity contribution >= 4 is 0 Å². The quantitative estimate of drug-likeness (QED) is 0.805. The Morgan fingerprint density at radius 1 is 1.09 bits per heavy atom. The van der Waals surface area contributed by atoms with Crippen LogP contribution < -0.4 is 4.74 Å². The van der Waals surface area contributed by atoms with Gasteiger partial charge in [-0.1, -0.05) is 6.07 Å². The maximum Gasteiger partial charge on any atom is 0.151 e. The smallest absolute Gasteiger partial charge is 0.151 e. The van der Waals surface area contributed by atoms with Crippen molar-refractivity contribution in [3.05, 3.63) is 60.3 Å². The van der Waals surface area contributed by atoms with Crippen LogP contribution in [0.25, 0.3) is 16.9 Å². The average Bonchev–Trinajstić information content (AvgIpc) is 2.96. The minimum absolute atomic E-state index is 0.0714. The minimum atomic E-state index is -0.738. The van der Waals surface area contributed by atoms with Gasteiger partial charge in [-0.05, 0) is 30.3 Å². The first kappa shape index (κ1) is 14.1. The van der Waals surface area contributed by atoms with Crippen LogP contribution in [0, 0.1) is 11.6 Å². The van der Waals surface area contributed by atoms with Crippen LogP contribution in [0.3, 0.4) is 0 Å². The Labute approximate surface area is 125 Å². The second-order valence-electron chi connectivity index (χ2n) is 4.58. The molecule has 0 aliphatic heterocycles. The van der Waals surface area contributed by atoms with E-state index in [2.05, 4.69) is 5.10 Å². The summed E-state index contributed by atoms with van der Waals surface area (Å²) in [5.41, 5.74) is 0.461. The average molecular weight is 302 g/mol. The highest BCUT2D eigenvalue weighted by Crippen LogP contribution is 2.34. The maximum atomic E-state index is 13.9. The van der Waals surface area contributed by atoms with Crippen LogP contribution in [-0.2, 0) is 0 Å². The predicted molar refractivity (Wildman–Crippen MR) is 77.1 cm³/mol. The maximum absolute atomic E-state index is 13.9. The molecular formula is C16H12F2N2O2. The van der Waals surface area contributed by atoms with E-state index in [-0.39, 0.29) is 11.4 Å². The summed E-state index contributed by atoms with van der Waals surface area (Å²) in [6.45, 7) is 0. The number of benzene rings is 2. The van der Waals surface area contributed by atoms with E-state index in [1.54, 1.807) is 18.2 Å². The van der Waals surface area contributed by atoms with Crippen molar-refractivity contribution in [3.63, 3.8) is 0 Å². The Kier molecular flexibility index (Phi) is 3.50. The molecule has 0 saturated carbocycles. The molecule has 112 valence electrons. The van der Waals surface area contributed by atoms with Crippen molar-refractivity contribution in [2.75, 3.05) is 7.11 Å². The fraction of sp³-hybridized carbons (Fsp3) is 0.0625. The summed E-state index contributed by atoms with van der Waals surface area (Å²) < 4.78 is 34.0. The molecule has 0 aliphatic carbocycles. The third kappa shape index (κ3) is 2.28. The second-order valence-corrected chi connectivity index (χ2v) is 4.58. The molecule has 2 aromatic carbocycles. The van der Waals surface area contributed by atoms with E-state index < -0.39 is 11.6 Å². The Morgan fingerprint density at radius 2 is 1.82 bits per heavy atom. The molecule has 0 radical (unpaired) electrons. The Balaban J connectivity index is 2.18. The van der Waals surface area contributed by atoms with Gasteiger partial charge in [-0.2, -0.15) is 5.10 Å². The van der Waals surface area contributed by atoms with E-state index in [9.17, 15) is 13.9 Å². The van der Waals surface area contributed by atoms with Crippen LogP contribution in [0.4, 0.5) is 8.78 Å². The molecule has 3 rings (SSSR count). The van der Waals surface area contributed by atoms with E-state index >= 15 is 0 Å². The van der Waals surface area contributed by atoms with Crippen LogP contribution in [-0.4, -0.2) is 22.0 Å². The Morgan fingerprint density at radius 3 is 2.45 bits per heavy atom. The number of aromatic nitrogens is 2. The van der Waals surface area contributed by atoms with E-state index in [0.717, 1.165) is 16.8 Å². The van der Waals surface area contributed by atoms with E-state index in [0.29, 0.717) is 17.0 Å². The van der Waals surface area contributed by atoms with Gasteiger partial charge in [-0.15, -0.1) is 0 Å². The molecule has 1 N–H and O–H groups in total. The number of ether oxygens (including phenoxy) is 1. The number of aromatic hydroxyl groups is 1. The number of methoxy groups -OCH3 is 1. The first-order valence-electron chi connectivity index (χ1n) is 6.47. The highest BCUT2D eigenvalue weighted by atomic mass is 19.1. The van der Waals surface area contributed by atoms with Crippen LogP contribution in [0.1, 0.15) is 0 Å². The molecule has 0 unspecified atom stereocenters. The number of para-hydroxylation sites is 1. The molecule has 0 atom stereocenters. The third-order valence-corrected chi connectivity index (χ3v) is 3.27. The lowest BCUT2D eigenvalue weighted by atomic mass is 10.1. The zero-order valence-corrected chi connectivity index (χ0v) is 11.6. The van der Waals surface area contributed by atoms with Gasteiger partial charge in [0.2, 0.25) is 0 Å². The highest BCUT2D eigenvalue weighted by molar-refractivity contribution is 5.69.